The number of rotatable bonds is 12. The van der Waals surface area contributed by atoms with Gasteiger partial charge < -0.3 is 9.84 Å². The number of esters is 1. The molecule has 31 heavy (non-hydrogen) atoms. The summed E-state index contributed by atoms with van der Waals surface area (Å²) in [6, 6.07) is 7.98. The molecule has 0 aliphatic heterocycles. The number of carbonyl (C=O) groups is 1. The van der Waals surface area contributed by atoms with Crippen LogP contribution in [0, 0.1) is 5.92 Å². The summed E-state index contributed by atoms with van der Waals surface area (Å²) < 4.78 is 5.58. The van der Waals surface area contributed by atoms with Crippen LogP contribution in [0.2, 0.25) is 19.1 Å². The highest BCUT2D eigenvalue weighted by atomic mass is 28.3. The molecule has 1 fully saturated rings. The molecule has 0 spiro atoms. The second-order valence-electron chi connectivity index (χ2n) is 10.2. The van der Waals surface area contributed by atoms with Crippen LogP contribution in [0.25, 0.3) is 0 Å². The van der Waals surface area contributed by atoms with Crippen molar-refractivity contribution in [2.45, 2.75) is 103 Å². The van der Waals surface area contributed by atoms with Crippen LogP contribution in [0.5, 0.6) is 0 Å². The third-order valence-corrected chi connectivity index (χ3v) is 10.6. The fraction of sp³-hybridized carbons (Fsp3) is 0.667. The Hall–Kier alpha value is -1.39. The van der Waals surface area contributed by atoms with E-state index in [-0.39, 0.29) is 12.6 Å². The Kier molecular flexibility index (Phi) is 10.5. The zero-order valence-electron chi connectivity index (χ0n) is 20.3. The van der Waals surface area contributed by atoms with E-state index >= 15 is 0 Å². The van der Waals surface area contributed by atoms with E-state index in [1.165, 1.54) is 62.1 Å². The number of hydrogen-bond acceptors (Lipinski definition) is 3. The average Bonchev–Trinajstić information content (AvgIpc) is 2.76. The number of ether oxygens (including phenoxy) is 1. The standard InChI is InChI=1S/C27H44O3Si/c1-6-7-8-10-22-11-13-23(14-12-22)24-15-16-26(31(4,5)18-9-17-28)25(19-24)20-30-27(29)21(2)3/h15-16,19,22-23,28H,2,6-14,17-18,20H2,1,3-5H3. The second kappa shape index (κ2) is 12.6. The number of benzene rings is 1. The Morgan fingerprint density at radius 1 is 1.16 bits per heavy atom. The van der Waals surface area contributed by atoms with Crippen molar-refractivity contribution in [1.29, 1.82) is 0 Å². The molecule has 0 bridgehead atoms. The van der Waals surface area contributed by atoms with Crippen molar-refractivity contribution in [2.75, 3.05) is 6.61 Å². The molecule has 0 heterocycles. The van der Waals surface area contributed by atoms with Gasteiger partial charge in [0, 0.05) is 12.2 Å². The Labute approximate surface area is 191 Å². The number of hydrogen-bond donors (Lipinski definition) is 1. The first-order valence-corrected chi connectivity index (χ1v) is 15.6. The summed E-state index contributed by atoms with van der Waals surface area (Å²) in [6.07, 6.45) is 11.5. The fourth-order valence-corrected chi connectivity index (χ4v) is 7.90. The van der Waals surface area contributed by atoms with E-state index in [1.807, 2.05) is 0 Å². The number of unbranched alkanes of at least 4 members (excludes halogenated alkanes) is 2. The van der Waals surface area contributed by atoms with Gasteiger partial charge in [-0.05, 0) is 62.0 Å². The Morgan fingerprint density at radius 3 is 2.48 bits per heavy atom. The maximum Gasteiger partial charge on any atom is 0.333 e. The number of aliphatic hydroxyl groups excluding tert-OH is 1. The van der Waals surface area contributed by atoms with Crippen LogP contribution in [0.3, 0.4) is 0 Å². The van der Waals surface area contributed by atoms with Gasteiger partial charge in [0.1, 0.15) is 6.61 Å². The SMILES string of the molecule is C=C(C)C(=O)OCc1cc(C2CCC(CCCCC)CC2)ccc1[Si](C)(C)CCCO. The molecule has 1 aliphatic rings. The van der Waals surface area contributed by atoms with Crippen LogP contribution >= 0.6 is 0 Å². The quantitative estimate of drug-likeness (QED) is 0.174. The van der Waals surface area contributed by atoms with E-state index in [1.54, 1.807) is 6.92 Å². The molecule has 2 rings (SSSR count). The molecule has 0 aromatic heterocycles. The van der Waals surface area contributed by atoms with E-state index in [0.29, 0.717) is 18.1 Å². The monoisotopic (exact) mass is 444 g/mol. The molecular formula is C27H44O3Si. The summed E-state index contributed by atoms with van der Waals surface area (Å²) in [7, 11) is -1.72. The molecule has 1 saturated carbocycles. The predicted octanol–water partition coefficient (Wildman–Crippen LogP) is 6.46. The van der Waals surface area contributed by atoms with E-state index in [9.17, 15) is 9.90 Å². The van der Waals surface area contributed by atoms with Gasteiger partial charge in [0.2, 0.25) is 0 Å². The molecule has 174 valence electrons. The van der Waals surface area contributed by atoms with Crippen LogP contribution in [-0.2, 0) is 16.1 Å². The van der Waals surface area contributed by atoms with Crippen LogP contribution in [0.1, 0.15) is 88.7 Å². The van der Waals surface area contributed by atoms with Crippen molar-refractivity contribution in [1.82, 2.24) is 0 Å². The lowest BCUT2D eigenvalue weighted by molar-refractivity contribution is -0.140. The van der Waals surface area contributed by atoms with E-state index < -0.39 is 8.07 Å². The lowest BCUT2D eigenvalue weighted by atomic mass is 9.77. The van der Waals surface area contributed by atoms with Crippen molar-refractivity contribution < 1.29 is 14.6 Å². The maximum absolute atomic E-state index is 12.0. The lowest BCUT2D eigenvalue weighted by Gasteiger charge is -2.31. The lowest BCUT2D eigenvalue weighted by Crippen LogP contribution is -2.43. The highest BCUT2D eigenvalue weighted by molar-refractivity contribution is 6.90. The highest BCUT2D eigenvalue weighted by Crippen LogP contribution is 2.38. The zero-order valence-corrected chi connectivity index (χ0v) is 21.3. The molecule has 0 radical (unpaired) electrons. The third-order valence-electron chi connectivity index (χ3n) is 7.06. The van der Waals surface area contributed by atoms with Crippen molar-refractivity contribution in [2.24, 2.45) is 5.92 Å². The molecular weight excluding hydrogens is 400 g/mol. The highest BCUT2D eigenvalue weighted by Gasteiger charge is 2.28. The minimum atomic E-state index is -1.72. The first-order valence-electron chi connectivity index (χ1n) is 12.3. The average molecular weight is 445 g/mol. The predicted molar refractivity (Wildman–Crippen MR) is 134 cm³/mol. The molecule has 0 unspecified atom stereocenters. The van der Waals surface area contributed by atoms with Crippen LogP contribution in [0.4, 0.5) is 0 Å². The summed E-state index contributed by atoms with van der Waals surface area (Å²) in [5.41, 5.74) is 3.01. The molecule has 1 N–H and O–H groups in total. The molecule has 1 aliphatic carbocycles. The first-order chi connectivity index (χ1) is 14.8. The minimum Gasteiger partial charge on any atom is -0.457 e. The topological polar surface area (TPSA) is 46.5 Å². The Bertz CT molecular complexity index is 717. The summed E-state index contributed by atoms with van der Waals surface area (Å²) in [5, 5.41) is 10.7. The van der Waals surface area contributed by atoms with Gasteiger partial charge in [-0.2, -0.15) is 0 Å². The smallest absolute Gasteiger partial charge is 0.333 e. The minimum absolute atomic E-state index is 0.232. The number of carbonyl (C=O) groups excluding carboxylic acids is 1. The molecule has 1 aromatic rings. The summed E-state index contributed by atoms with van der Waals surface area (Å²) >= 11 is 0. The summed E-state index contributed by atoms with van der Waals surface area (Å²) in [5.74, 6) is 1.20. The molecule has 0 amide bonds. The maximum atomic E-state index is 12.0. The summed E-state index contributed by atoms with van der Waals surface area (Å²) in [6.45, 7) is 12.9. The van der Waals surface area contributed by atoms with E-state index in [0.717, 1.165) is 23.9 Å². The molecule has 0 saturated heterocycles. The normalized spacial score (nSPS) is 19.3. The number of aliphatic hydroxyl groups is 1. The molecule has 4 heteroatoms. The second-order valence-corrected chi connectivity index (χ2v) is 15.0. The fourth-order valence-electron chi connectivity index (χ4n) is 5.04. The molecule has 0 atom stereocenters. The molecule has 3 nitrogen and oxygen atoms in total. The van der Waals surface area contributed by atoms with Crippen molar-refractivity contribution in [3.8, 4) is 0 Å². The van der Waals surface area contributed by atoms with Gasteiger partial charge in [-0.1, -0.05) is 81.7 Å². The van der Waals surface area contributed by atoms with E-state index in [2.05, 4.69) is 44.8 Å². The van der Waals surface area contributed by atoms with Gasteiger partial charge in [0.15, 0.2) is 0 Å². The van der Waals surface area contributed by atoms with Gasteiger partial charge in [-0.25, -0.2) is 4.79 Å². The first kappa shape index (κ1) is 25.9. The van der Waals surface area contributed by atoms with Gasteiger partial charge in [-0.15, -0.1) is 0 Å². The Morgan fingerprint density at radius 2 is 1.87 bits per heavy atom. The van der Waals surface area contributed by atoms with Crippen molar-refractivity contribution >= 4 is 19.2 Å². The van der Waals surface area contributed by atoms with E-state index in [4.69, 9.17) is 4.74 Å². The summed E-state index contributed by atoms with van der Waals surface area (Å²) in [4.78, 5) is 12.0. The van der Waals surface area contributed by atoms with Gasteiger partial charge >= 0.3 is 5.97 Å². The van der Waals surface area contributed by atoms with Gasteiger partial charge in [0.05, 0.1) is 8.07 Å². The van der Waals surface area contributed by atoms with Crippen molar-refractivity contribution in [3.63, 3.8) is 0 Å². The van der Waals surface area contributed by atoms with Crippen LogP contribution < -0.4 is 5.19 Å². The van der Waals surface area contributed by atoms with Gasteiger partial charge in [0.25, 0.3) is 0 Å². The van der Waals surface area contributed by atoms with Crippen molar-refractivity contribution in [3.05, 3.63) is 41.5 Å². The third kappa shape index (κ3) is 7.91. The van der Waals surface area contributed by atoms with Crippen LogP contribution in [0.15, 0.2) is 30.4 Å². The Balaban J connectivity index is 2.15. The van der Waals surface area contributed by atoms with Crippen LogP contribution in [-0.4, -0.2) is 25.8 Å². The zero-order chi connectivity index (χ0) is 22.9. The molecule has 1 aromatic carbocycles. The largest absolute Gasteiger partial charge is 0.457 e. The van der Waals surface area contributed by atoms with Gasteiger partial charge in [-0.3, -0.25) is 0 Å².